The summed E-state index contributed by atoms with van der Waals surface area (Å²) < 4.78 is 0. The fourth-order valence-electron chi connectivity index (χ4n) is 1.46. The van der Waals surface area contributed by atoms with Gasteiger partial charge in [-0.3, -0.25) is 0 Å². The Morgan fingerprint density at radius 3 is 3.07 bits per heavy atom. The highest BCUT2D eigenvalue weighted by atomic mass is 32.1. The number of rotatable bonds is 4. The lowest BCUT2D eigenvalue weighted by molar-refractivity contribution is 0.831. The highest BCUT2D eigenvalue weighted by Crippen LogP contribution is 2.19. The molecule has 4 heteroatoms. The second-order valence-corrected chi connectivity index (χ2v) is 5.23. The third kappa shape index (κ3) is 3.18. The van der Waals surface area contributed by atoms with Gasteiger partial charge in [0, 0.05) is 10.9 Å². The van der Waals surface area contributed by atoms with Crippen molar-refractivity contribution >= 4 is 28.7 Å². The molecule has 1 heterocycles. The molecule has 0 atom stereocenters. The summed E-state index contributed by atoms with van der Waals surface area (Å²) in [6, 6.07) is 2.83. The molecule has 2 N–H and O–H groups in total. The van der Waals surface area contributed by atoms with Crippen molar-refractivity contribution in [3.8, 4) is 0 Å². The molecule has 0 aliphatic heterocycles. The van der Waals surface area contributed by atoms with Crippen LogP contribution in [0.3, 0.4) is 0 Å². The van der Waals surface area contributed by atoms with Gasteiger partial charge >= 0.3 is 0 Å². The minimum Gasteiger partial charge on any atom is -0.360 e. The topological polar surface area (TPSA) is 24.1 Å². The molecule has 1 aliphatic carbocycles. The van der Waals surface area contributed by atoms with Crippen molar-refractivity contribution in [2.24, 2.45) is 0 Å². The number of thiophene rings is 1. The van der Waals surface area contributed by atoms with Gasteiger partial charge in [0.2, 0.25) is 0 Å². The third-order valence-electron chi connectivity index (χ3n) is 2.54. The van der Waals surface area contributed by atoms with Gasteiger partial charge in [-0.25, -0.2) is 0 Å². The van der Waals surface area contributed by atoms with E-state index in [-0.39, 0.29) is 0 Å². The monoisotopic (exact) mass is 240 g/mol. The summed E-state index contributed by atoms with van der Waals surface area (Å²) in [5.74, 6) is 0. The first kappa shape index (κ1) is 10.9. The van der Waals surface area contributed by atoms with E-state index in [0.717, 1.165) is 18.1 Å². The first-order valence-corrected chi connectivity index (χ1v) is 6.68. The van der Waals surface area contributed by atoms with E-state index in [2.05, 4.69) is 29.0 Å². The lowest BCUT2D eigenvalue weighted by Crippen LogP contribution is -2.36. The van der Waals surface area contributed by atoms with Crippen LogP contribution in [0.15, 0.2) is 11.4 Å². The smallest absolute Gasteiger partial charge is 0.166 e. The van der Waals surface area contributed by atoms with E-state index in [1.807, 2.05) is 0 Å². The van der Waals surface area contributed by atoms with Gasteiger partial charge in [-0.05, 0) is 48.5 Å². The highest BCUT2D eigenvalue weighted by Gasteiger charge is 2.21. The van der Waals surface area contributed by atoms with Crippen molar-refractivity contribution in [2.45, 2.75) is 38.8 Å². The van der Waals surface area contributed by atoms with E-state index in [0.29, 0.717) is 6.04 Å². The van der Waals surface area contributed by atoms with Gasteiger partial charge in [-0.1, -0.05) is 6.92 Å². The van der Waals surface area contributed by atoms with Crippen LogP contribution < -0.4 is 10.6 Å². The fourth-order valence-corrected chi connectivity index (χ4v) is 2.62. The molecular weight excluding hydrogens is 224 g/mol. The van der Waals surface area contributed by atoms with E-state index in [1.54, 1.807) is 11.3 Å². The van der Waals surface area contributed by atoms with Gasteiger partial charge in [-0.15, -0.1) is 11.3 Å². The Balaban J connectivity index is 1.78. The molecular formula is C11H16N2S2. The van der Waals surface area contributed by atoms with Crippen LogP contribution in [0.2, 0.25) is 0 Å². The molecule has 1 aromatic rings. The fraction of sp³-hybridized carbons (Fsp3) is 0.545. The Bertz CT molecular complexity index is 342. The van der Waals surface area contributed by atoms with Crippen LogP contribution in [0.5, 0.6) is 0 Å². The van der Waals surface area contributed by atoms with Gasteiger partial charge in [0.25, 0.3) is 0 Å². The Morgan fingerprint density at radius 2 is 2.40 bits per heavy atom. The number of nitrogens with one attached hydrogen (secondary N) is 2. The van der Waals surface area contributed by atoms with E-state index in [1.165, 1.54) is 23.3 Å². The van der Waals surface area contributed by atoms with Gasteiger partial charge in [0.05, 0.1) is 6.54 Å². The summed E-state index contributed by atoms with van der Waals surface area (Å²) in [6.45, 7) is 3.05. The van der Waals surface area contributed by atoms with E-state index < -0.39 is 0 Å². The van der Waals surface area contributed by atoms with Crippen molar-refractivity contribution < 1.29 is 0 Å². The SMILES string of the molecule is CCc1ccsc1CNC(=S)NC1CC1. The molecule has 1 saturated carbocycles. The molecule has 15 heavy (non-hydrogen) atoms. The molecule has 1 aromatic heterocycles. The molecule has 2 rings (SSSR count). The van der Waals surface area contributed by atoms with Crippen molar-refractivity contribution in [2.75, 3.05) is 0 Å². The lowest BCUT2D eigenvalue weighted by Gasteiger charge is -2.09. The van der Waals surface area contributed by atoms with Crippen molar-refractivity contribution in [1.29, 1.82) is 0 Å². The zero-order valence-corrected chi connectivity index (χ0v) is 10.5. The standard InChI is InChI=1S/C11H16N2S2/c1-2-8-5-6-15-10(8)7-12-11(14)13-9-3-4-9/h5-6,9H,2-4,7H2,1H3,(H2,12,13,14). The summed E-state index contributed by atoms with van der Waals surface area (Å²) in [6.07, 6.45) is 3.63. The van der Waals surface area contributed by atoms with Crippen LogP contribution in [0, 0.1) is 0 Å². The maximum Gasteiger partial charge on any atom is 0.166 e. The maximum absolute atomic E-state index is 5.21. The van der Waals surface area contributed by atoms with Crippen LogP contribution in [0.25, 0.3) is 0 Å². The van der Waals surface area contributed by atoms with Gasteiger partial charge < -0.3 is 10.6 Å². The minimum absolute atomic E-state index is 0.638. The second kappa shape index (κ2) is 4.94. The predicted octanol–water partition coefficient (Wildman–Crippen LogP) is 2.44. The van der Waals surface area contributed by atoms with E-state index in [9.17, 15) is 0 Å². The number of hydrogen-bond donors (Lipinski definition) is 2. The molecule has 2 nitrogen and oxygen atoms in total. The lowest BCUT2D eigenvalue weighted by atomic mass is 10.2. The number of hydrogen-bond acceptors (Lipinski definition) is 2. The zero-order valence-electron chi connectivity index (χ0n) is 8.88. The number of aryl methyl sites for hydroxylation is 1. The van der Waals surface area contributed by atoms with E-state index in [4.69, 9.17) is 12.2 Å². The average molecular weight is 240 g/mol. The molecule has 1 fully saturated rings. The first-order chi connectivity index (χ1) is 7.29. The third-order valence-corrected chi connectivity index (χ3v) is 3.77. The summed E-state index contributed by atoms with van der Waals surface area (Å²) in [5, 5.41) is 9.49. The summed E-state index contributed by atoms with van der Waals surface area (Å²) >= 11 is 7.01. The Kier molecular flexibility index (Phi) is 3.59. The van der Waals surface area contributed by atoms with Crippen molar-refractivity contribution in [3.63, 3.8) is 0 Å². The molecule has 0 amide bonds. The molecule has 0 spiro atoms. The minimum atomic E-state index is 0.638. The quantitative estimate of drug-likeness (QED) is 0.791. The largest absolute Gasteiger partial charge is 0.360 e. The summed E-state index contributed by atoms with van der Waals surface area (Å²) in [4.78, 5) is 1.40. The zero-order chi connectivity index (χ0) is 10.7. The number of thiocarbonyl (C=S) groups is 1. The molecule has 0 bridgehead atoms. The van der Waals surface area contributed by atoms with Gasteiger partial charge in [0.15, 0.2) is 5.11 Å². The first-order valence-electron chi connectivity index (χ1n) is 5.39. The maximum atomic E-state index is 5.21. The van der Waals surface area contributed by atoms with Crippen LogP contribution in [0.4, 0.5) is 0 Å². The second-order valence-electron chi connectivity index (χ2n) is 3.82. The van der Waals surface area contributed by atoms with Crippen LogP contribution in [-0.4, -0.2) is 11.2 Å². The Labute approximate surface area is 100 Å². The normalized spacial score (nSPS) is 15.0. The summed E-state index contributed by atoms with van der Waals surface area (Å²) in [5.41, 5.74) is 1.43. The molecule has 0 unspecified atom stereocenters. The van der Waals surface area contributed by atoms with Crippen molar-refractivity contribution in [1.82, 2.24) is 10.6 Å². The molecule has 82 valence electrons. The average Bonchev–Trinajstić information content (AvgIpc) is 2.92. The van der Waals surface area contributed by atoms with Crippen molar-refractivity contribution in [3.05, 3.63) is 21.9 Å². The predicted molar refractivity (Wildman–Crippen MR) is 69.3 cm³/mol. The molecule has 0 aromatic carbocycles. The van der Waals surface area contributed by atoms with Crippen LogP contribution in [-0.2, 0) is 13.0 Å². The summed E-state index contributed by atoms with van der Waals surface area (Å²) in [7, 11) is 0. The van der Waals surface area contributed by atoms with Crippen LogP contribution >= 0.6 is 23.6 Å². The van der Waals surface area contributed by atoms with Crippen LogP contribution in [0.1, 0.15) is 30.2 Å². The Hall–Kier alpha value is -0.610. The molecule has 0 radical (unpaired) electrons. The van der Waals surface area contributed by atoms with E-state index >= 15 is 0 Å². The highest BCUT2D eigenvalue weighted by molar-refractivity contribution is 7.80. The van der Waals surface area contributed by atoms with Gasteiger partial charge in [0.1, 0.15) is 0 Å². The molecule has 0 saturated heterocycles. The van der Waals surface area contributed by atoms with Gasteiger partial charge in [-0.2, -0.15) is 0 Å². The Morgan fingerprint density at radius 1 is 1.60 bits per heavy atom. The molecule has 1 aliphatic rings.